The van der Waals surface area contributed by atoms with Gasteiger partial charge < -0.3 is 15.5 Å². The number of carboxylic acids is 1. The highest BCUT2D eigenvalue weighted by Crippen LogP contribution is 2.28. The first-order valence-electron chi connectivity index (χ1n) is 7.79. The third-order valence-corrected chi connectivity index (χ3v) is 6.73. The number of hydrogen-bond acceptors (Lipinski definition) is 5. The first kappa shape index (κ1) is 22.8. The lowest BCUT2D eigenvalue weighted by Gasteiger charge is -2.16. The average molecular weight is 630 g/mol. The first-order valence-corrected chi connectivity index (χ1v) is 11.4. The van der Waals surface area contributed by atoms with Crippen LogP contribution in [0.2, 0.25) is 0 Å². The van der Waals surface area contributed by atoms with E-state index in [-0.39, 0.29) is 23.0 Å². The van der Waals surface area contributed by atoms with Gasteiger partial charge in [-0.15, -0.1) is 0 Å². The summed E-state index contributed by atoms with van der Waals surface area (Å²) in [7, 11) is -4.09. The number of carbonyl (C=O) groups excluding carboxylic acids is 1. The summed E-state index contributed by atoms with van der Waals surface area (Å²) in [6.07, 6.45) is -0.0924. The van der Waals surface area contributed by atoms with E-state index in [1.165, 1.54) is 31.2 Å². The Kier molecular flexibility index (Phi) is 7.64. The molecule has 1 amide bonds. The topological polar surface area (TPSA) is 133 Å². The predicted molar refractivity (Wildman–Crippen MR) is 120 cm³/mol. The van der Waals surface area contributed by atoms with E-state index in [2.05, 4.69) is 10.0 Å². The highest BCUT2D eigenvalue weighted by atomic mass is 127. The lowest BCUT2D eigenvalue weighted by Crippen LogP contribution is -2.42. The van der Waals surface area contributed by atoms with Crippen molar-refractivity contribution in [1.29, 1.82) is 0 Å². The van der Waals surface area contributed by atoms with Gasteiger partial charge >= 0.3 is 5.97 Å². The molecule has 2 rings (SSSR count). The molecule has 150 valence electrons. The fraction of sp³-hybridized carbons (Fsp3) is 0.176. The number of phenolic OH excluding ortho intramolecular Hbond substituents is 1. The zero-order valence-corrected chi connectivity index (χ0v) is 19.6. The van der Waals surface area contributed by atoms with Crippen LogP contribution in [-0.2, 0) is 26.0 Å². The maximum absolute atomic E-state index is 12.6. The van der Waals surface area contributed by atoms with Gasteiger partial charge in [-0.25, -0.2) is 8.42 Å². The van der Waals surface area contributed by atoms with Crippen molar-refractivity contribution < 1.29 is 28.2 Å². The molecule has 28 heavy (non-hydrogen) atoms. The molecule has 0 bridgehead atoms. The average Bonchev–Trinajstić information content (AvgIpc) is 2.58. The normalized spacial score (nSPS) is 12.4. The van der Waals surface area contributed by atoms with Crippen molar-refractivity contribution >= 4 is 72.8 Å². The van der Waals surface area contributed by atoms with Gasteiger partial charge in [-0.3, -0.25) is 9.59 Å². The van der Waals surface area contributed by atoms with E-state index in [9.17, 15) is 28.2 Å². The van der Waals surface area contributed by atoms with E-state index in [0.717, 1.165) is 0 Å². The molecule has 0 saturated carbocycles. The Labute approximate surface area is 189 Å². The lowest BCUT2D eigenvalue weighted by atomic mass is 10.1. The van der Waals surface area contributed by atoms with Crippen molar-refractivity contribution in [3.05, 3.63) is 49.1 Å². The molecule has 8 nitrogen and oxygen atoms in total. The summed E-state index contributed by atoms with van der Waals surface area (Å²) >= 11 is 3.84. The number of carbonyl (C=O) groups is 2. The fourth-order valence-corrected chi connectivity index (χ4v) is 5.41. The van der Waals surface area contributed by atoms with E-state index in [1.54, 1.807) is 12.1 Å². The van der Waals surface area contributed by atoms with Crippen LogP contribution in [0.4, 0.5) is 5.69 Å². The van der Waals surface area contributed by atoms with Gasteiger partial charge in [0.25, 0.3) is 0 Å². The van der Waals surface area contributed by atoms with Crippen molar-refractivity contribution in [3.63, 3.8) is 0 Å². The van der Waals surface area contributed by atoms with Crippen LogP contribution in [0, 0.1) is 7.14 Å². The van der Waals surface area contributed by atoms with Crippen molar-refractivity contribution in [2.75, 3.05) is 5.32 Å². The number of phenols is 1. The third kappa shape index (κ3) is 6.02. The van der Waals surface area contributed by atoms with Gasteiger partial charge in [0.05, 0.1) is 12.0 Å². The van der Waals surface area contributed by atoms with E-state index in [4.69, 9.17) is 0 Å². The van der Waals surface area contributed by atoms with Crippen LogP contribution >= 0.6 is 45.2 Å². The minimum absolute atomic E-state index is 0.0924. The Morgan fingerprint density at radius 2 is 1.64 bits per heavy atom. The van der Waals surface area contributed by atoms with Crippen LogP contribution in [0.5, 0.6) is 5.75 Å². The second kappa shape index (κ2) is 9.37. The lowest BCUT2D eigenvalue weighted by molar-refractivity contribution is -0.138. The molecule has 1 atom stereocenters. The van der Waals surface area contributed by atoms with E-state index >= 15 is 0 Å². The Balaban J connectivity index is 2.23. The smallest absolute Gasteiger partial charge is 0.322 e. The Morgan fingerprint density at radius 1 is 1.11 bits per heavy atom. The Hall–Kier alpha value is -1.45. The van der Waals surface area contributed by atoms with Gasteiger partial charge in [0, 0.05) is 12.6 Å². The number of nitrogens with one attached hydrogen (secondary N) is 2. The maximum atomic E-state index is 12.6. The molecule has 0 radical (unpaired) electrons. The Morgan fingerprint density at radius 3 is 2.11 bits per heavy atom. The van der Waals surface area contributed by atoms with Crippen molar-refractivity contribution in [3.8, 4) is 5.75 Å². The van der Waals surface area contributed by atoms with Crippen LogP contribution in [0.1, 0.15) is 12.5 Å². The number of rotatable bonds is 7. The van der Waals surface area contributed by atoms with Gasteiger partial charge in [-0.05, 0) is 93.6 Å². The number of benzene rings is 2. The number of aliphatic carboxylic acids is 1. The summed E-state index contributed by atoms with van der Waals surface area (Å²) in [6, 6.07) is 7.19. The van der Waals surface area contributed by atoms with Crippen LogP contribution in [0.3, 0.4) is 0 Å². The second-order valence-electron chi connectivity index (χ2n) is 5.83. The highest BCUT2D eigenvalue weighted by molar-refractivity contribution is 14.1. The SMILES string of the molecule is CC(=O)Nc1ccc(S(=O)(=O)N[C@H](Cc2cc(I)c(O)c(I)c2)C(=O)O)cc1. The number of anilines is 1. The molecule has 0 saturated heterocycles. The molecule has 11 heteroatoms. The molecular formula is C17H16I2N2O6S. The monoisotopic (exact) mass is 630 g/mol. The number of halogens is 2. The van der Waals surface area contributed by atoms with Gasteiger partial charge in [0.15, 0.2) is 0 Å². The summed E-state index contributed by atoms with van der Waals surface area (Å²) in [5, 5.41) is 21.8. The molecule has 2 aromatic carbocycles. The maximum Gasteiger partial charge on any atom is 0.322 e. The molecule has 0 fully saturated rings. The van der Waals surface area contributed by atoms with Gasteiger partial charge in [-0.2, -0.15) is 4.72 Å². The fourth-order valence-electron chi connectivity index (χ4n) is 2.33. The molecule has 0 spiro atoms. The predicted octanol–water partition coefficient (Wildman–Crippen LogP) is 2.53. The molecular weight excluding hydrogens is 614 g/mol. The largest absolute Gasteiger partial charge is 0.506 e. The summed E-state index contributed by atoms with van der Waals surface area (Å²) in [5.41, 5.74) is 0.997. The summed E-state index contributed by atoms with van der Waals surface area (Å²) in [6.45, 7) is 1.33. The zero-order valence-electron chi connectivity index (χ0n) is 14.4. The van der Waals surface area contributed by atoms with E-state index in [1.807, 2.05) is 45.2 Å². The quantitative estimate of drug-likeness (QED) is 0.348. The third-order valence-electron chi connectivity index (χ3n) is 3.60. The number of amides is 1. The van der Waals surface area contributed by atoms with E-state index in [0.29, 0.717) is 18.4 Å². The first-order chi connectivity index (χ1) is 13.0. The van der Waals surface area contributed by atoms with Gasteiger partial charge in [0.1, 0.15) is 11.8 Å². The second-order valence-corrected chi connectivity index (χ2v) is 9.87. The van der Waals surface area contributed by atoms with Crippen molar-refractivity contribution in [2.45, 2.75) is 24.3 Å². The van der Waals surface area contributed by atoms with Crippen LogP contribution < -0.4 is 10.0 Å². The summed E-state index contributed by atoms with van der Waals surface area (Å²) in [5.74, 6) is -1.52. The van der Waals surface area contributed by atoms with Crippen LogP contribution in [0.15, 0.2) is 41.3 Å². The molecule has 0 aliphatic rings. The van der Waals surface area contributed by atoms with Crippen LogP contribution in [0.25, 0.3) is 0 Å². The minimum Gasteiger partial charge on any atom is -0.506 e. The highest BCUT2D eigenvalue weighted by Gasteiger charge is 2.26. The minimum atomic E-state index is -4.09. The Bertz CT molecular complexity index is 986. The van der Waals surface area contributed by atoms with Crippen molar-refractivity contribution in [1.82, 2.24) is 4.72 Å². The summed E-state index contributed by atoms with van der Waals surface area (Å²) < 4.78 is 28.4. The van der Waals surface area contributed by atoms with Gasteiger partial charge in [-0.1, -0.05) is 0 Å². The van der Waals surface area contributed by atoms with Crippen LogP contribution in [-0.4, -0.2) is 36.5 Å². The number of aromatic hydroxyl groups is 1. The number of sulfonamides is 1. The zero-order chi connectivity index (χ0) is 21.1. The molecule has 0 aliphatic heterocycles. The molecule has 4 N–H and O–H groups in total. The molecule has 0 aromatic heterocycles. The van der Waals surface area contributed by atoms with Crippen molar-refractivity contribution in [2.24, 2.45) is 0 Å². The standard InChI is InChI=1S/C17H16I2N2O6S/c1-9(22)20-11-2-4-12(5-3-11)28(26,27)21-15(17(24)25)8-10-6-13(18)16(23)14(19)7-10/h2-7,15,21,23H,8H2,1H3,(H,20,22)(H,24,25)/t15-/m1/s1. The number of carboxylic acid groups (broad SMARTS) is 1. The molecule has 0 unspecified atom stereocenters. The molecule has 0 heterocycles. The molecule has 0 aliphatic carbocycles. The molecule has 2 aromatic rings. The van der Waals surface area contributed by atoms with E-state index < -0.39 is 22.0 Å². The number of hydrogen-bond donors (Lipinski definition) is 4. The summed E-state index contributed by atoms with van der Waals surface area (Å²) in [4.78, 5) is 22.5. The van der Waals surface area contributed by atoms with Gasteiger partial charge in [0.2, 0.25) is 15.9 Å².